The third-order valence-electron chi connectivity index (χ3n) is 6.04. The maximum Gasteiger partial charge on any atom is 0.341 e. The standard InChI is InChI=1S/C18H30F2O2/c1-2-3-12-4-6-13(7-5-12)14-8-10-15(11-9-14)16(19)17(20)18(21)22/h12-17H,2-11H2,1H3,(H,21,22). The van der Waals surface area contributed by atoms with E-state index >= 15 is 0 Å². The third-order valence-corrected chi connectivity index (χ3v) is 6.04. The molecule has 0 aromatic heterocycles. The molecule has 0 aliphatic heterocycles. The fourth-order valence-electron chi connectivity index (χ4n) is 4.67. The SMILES string of the molecule is CCCC1CCC(C2CCC(C(F)C(F)C(=O)O)CC2)CC1. The normalized spacial score (nSPS) is 35.8. The van der Waals surface area contributed by atoms with Crippen LogP contribution in [0.2, 0.25) is 0 Å². The summed E-state index contributed by atoms with van der Waals surface area (Å²) in [6.07, 6.45) is 6.85. The molecule has 0 aromatic rings. The predicted octanol–water partition coefficient (Wildman–Crippen LogP) is 5.16. The Labute approximate surface area is 132 Å². The molecule has 2 fully saturated rings. The maximum absolute atomic E-state index is 13.9. The lowest BCUT2D eigenvalue weighted by Gasteiger charge is -2.38. The Morgan fingerprint density at radius 1 is 1.00 bits per heavy atom. The zero-order valence-electron chi connectivity index (χ0n) is 13.6. The molecule has 2 nitrogen and oxygen atoms in total. The third kappa shape index (κ3) is 4.42. The molecular weight excluding hydrogens is 286 g/mol. The van der Waals surface area contributed by atoms with Gasteiger partial charge in [0.25, 0.3) is 0 Å². The van der Waals surface area contributed by atoms with E-state index in [4.69, 9.17) is 5.11 Å². The summed E-state index contributed by atoms with van der Waals surface area (Å²) in [7, 11) is 0. The van der Waals surface area contributed by atoms with Crippen molar-refractivity contribution in [3.63, 3.8) is 0 Å². The van der Waals surface area contributed by atoms with E-state index in [0.29, 0.717) is 18.8 Å². The number of aliphatic carboxylic acids is 1. The molecule has 0 spiro atoms. The van der Waals surface area contributed by atoms with Gasteiger partial charge in [-0.2, -0.15) is 0 Å². The minimum atomic E-state index is -2.36. The van der Waals surface area contributed by atoms with Crippen LogP contribution in [-0.2, 0) is 4.79 Å². The van der Waals surface area contributed by atoms with Crippen molar-refractivity contribution in [3.05, 3.63) is 0 Å². The van der Waals surface area contributed by atoms with Gasteiger partial charge in [0.15, 0.2) is 0 Å². The maximum atomic E-state index is 13.9. The number of hydrogen-bond acceptors (Lipinski definition) is 1. The van der Waals surface area contributed by atoms with Gasteiger partial charge in [0.2, 0.25) is 6.17 Å². The van der Waals surface area contributed by atoms with E-state index in [1.165, 1.54) is 38.5 Å². The summed E-state index contributed by atoms with van der Waals surface area (Å²) in [5.41, 5.74) is 0. The van der Waals surface area contributed by atoms with Gasteiger partial charge >= 0.3 is 5.97 Å². The minimum Gasteiger partial charge on any atom is -0.479 e. The molecule has 22 heavy (non-hydrogen) atoms. The molecule has 128 valence electrons. The van der Waals surface area contributed by atoms with Gasteiger partial charge in [0.05, 0.1) is 0 Å². The number of rotatable bonds is 6. The van der Waals surface area contributed by atoms with Crippen LogP contribution in [0, 0.1) is 23.7 Å². The second-order valence-electron chi connectivity index (χ2n) is 7.43. The van der Waals surface area contributed by atoms with Gasteiger partial charge in [-0.15, -0.1) is 0 Å². The van der Waals surface area contributed by atoms with Crippen LogP contribution in [0.5, 0.6) is 0 Å². The van der Waals surface area contributed by atoms with Crippen molar-refractivity contribution in [2.45, 2.75) is 83.5 Å². The van der Waals surface area contributed by atoms with E-state index in [2.05, 4.69) is 6.92 Å². The van der Waals surface area contributed by atoms with Gasteiger partial charge < -0.3 is 5.11 Å². The summed E-state index contributed by atoms with van der Waals surface area (Å²) in [6, 6.07) is 0. The number of hydrogen-bond donors (Lipinski definition) is 1. The predicted molar refractivity (Wildman–Crippen MR) is 83.2 cm³/mol. The van der Waals surface area contributed by atoms with E-state index in [0.717, 1.165) is 24.7 Å². The lowest BCUT2D eigenvalue weighted by Crippen LogP contribution is -2.36. The van der Waals surface area contributed by atoms with Gasteiger partial charge in [0.1, 0.15) is 6.17 Å². The first kappa shape index (κ1) is 17.7. The number of carbonyl (C=O) groups is 1. The molecule has 0 amide bonds. The number of carboxylic acid groups (broad SMARTS) is 1. The molecule has 2 unspecified atom stereocenters. The number of alkyl halides is 2. The smallest absolute Gasteiger partial charge is 0.341 e. The van der Waals surface area contributed by atoms with Crippen LogP contribution in [0.3, 0.4) is 0 Å². The van der Waals surface area contributed by atoms with Crippen molar-refractivity contribution in [1.29, 1.82) is 0 Å². The highest BCUT2D eigenvalue weighted by atomic mass is 19.2. The molecule has 0 heterocycles. The molecule has 2 aliphatic rings. The van der Waals surface area contributed by atoms with Crippen LogP contribution in [0.25, 0.3) is 0 Å². The molecule has 2 saturated carbocycles. The molecule has 0 saturated heterocycles. The molecule has 0 radical (unpaired) electrons. The van der Waals surface area contributed by atoms with E-state index < -0.39 is 24.2 Å². The van der Waals surface area contributed by atoms with Crippen LogP contribution in [-0.4, -0.2) is 23.4 Å². The average Bonchev–Trinajstić information content (AvgIpc) is 2.54. The Balaban J connectivity index is 1.74. The van der Waals surface area contributed by atoms with Crippen molar-refractivity contribution in [2.24, 2.45) is 23.7 Å². The van der Waals surface area contributed by atoms with Crippen LogP contribution in [0.1, 0.15) is 71.1 Å². The van der Waals surface area contributed by atoms with Crippen molar-refractivity contribution in [1.82, 2.24) is 0 Å². The summed E-state index contributed by atoms with van der Waals surface area (Å²) in [5, 5.41) is 8.59. The first-order valence-electron chi connectivity index (χ1n) is 9.03. The summed E-state index contributed by atoms with van der Waals surface area (Å²) in [5.74, 6) is 0.236. The van der Waals surface area contributed by atoms with Crippen LogP contribution in [0.4, 0.5) is 8.78 Å². The summed E-state index contributed by atoms with van der Waals surface area (Å²) in [6.45, 7) is 2.25. The average molecular weight is 316 g/mol. The van der Waals surface area contributed by atoms with Crippen LogP contribution in [0.15, 0.2) is 0 Å². The molecule has 2 aliphatic carbocycles. The van der Waals surface area contributed by atoms with Crippen LogP contribution < -0.4 is 0 Å². The van der Waals surface area contributed by atoms with Crippen molar-refractivity contribution in [3.8, 4) is 0 Å². The van der Waals surface area contributed by atoms with E-state index in [1.807, 2.05) is 0 Å². The zero-order valence-corrected chi connectivity index (χ0v) is 13.6. The highest BCUT2D eigenvalue weighted by molar-refractivity contribution is 5.72. The topological polar surface area (TPSA) is 37.3 Å². The second kappa shape index (κ2) is 8.26. The van der Waals surface area contributed by atoms with E-state index in [9.17, 15) is 13.6 Å². The summed E-state index contributed by atoms with van der Waals surface area (Å²) < 4.78 is 27.2. The van der Waals surface area contributed by atoms with E-state index in [-0.39, 0.29) is 0 Å². The first-order chi connectivity index (χ1) is 10.5. The highest BCUT2D eigenvalue weighted by Crippen LogP contribution is 2.43. The lowest BCUT2D eigenvalue weighted by atomic mass is 9.68. The van der Waals surface area contributed by atoms with Gasteiger partial charge in [-0.25, -0.2) is 13.6 Å². The first-order valence-corrected chi connectivity index (χ1v) is 9.03. The van der Waals surface area contributed by atoms with Gasteiger partial charge in [0, 0.05) is 0 Å². The van der Waals surface area contributed by atoms with Crippen molar-refractivity contribution >= 4 is 5.97 Å². The molecule has 1 N–H and O–H groups in total. The Hall–Kier alpha value is -0.670. The summed E-state index contributed by atoms with van der Waals surface area (Å²) in [4.78, 5) is 10.6. The van der Waals surface area contributed by atoms with Gasteiger partial charge in [-0.3, -0.25) is 0 Å². The minimum absolute atomic E-state index is 0.404. The number of halogens is 2. The second-order valence-corrected chi connectivity index (χ2v) is 7.43. The molecule has 0 aromatic carbocycles. The fourth-order valence-corrected chi connectivity index (χ4v) is 4.67. The Morgan fingerprint density at radius 2 is 1.50 bits per heavy atom. The fraction of sp³-hybridized carbons (Fsp3) is 0.944. The Kier molecular flexibility index (Phi) is 6.64. The Bertz CT molecular complexity index is 345. The summed E-state index contributed by atoms with van der Waals surface area (Å²) >= 11 is 0. The van der Waals surface area contributed by atoms with Crippen LogP contribution >= 0.6 is 0 Å². The molecule has 0 bridgehead atoms. The number of carboxylic acids is 1. The lowest BCUT2D eigenvalue weighted by molar-refractivity contribution is -0.146. The highest BCUT2D eigenvalue weighted by Gasteiger charge is 2.38. The Morgan fingerprint density at radius 3 is 1.95 bits per heavy atom. The van der Waals surface area contributed by atoms with Crippen molar-refractivity contribution < 1.29 is 18.7 Å². The molecule has 2 atom stereocenters. The van der Waals surface area contributed by atoms with Gasteiger partial charge in [-0.1, -0.05) is 32.6 Å². The molecular formula is C18H30F2O2. The largest absolute Gasteiger partial charge is 0.479 e. The van der Waals surface area contributed by atoms with Crippen molar-refractivity contribution in [2.75, 3.05) is 0 Å². The van der Waals surface area contributed by atoms with Gasteiger partial charge in [-0.05, 0) is 62.2 Å². The monoisotopic (exact) mass is 316 g/mol. The quantitative estimate of drug-likeness (QED) is 0.735. The zero-order chi connectivity index (χ0) is 16.1. The van der Waals surface area contributed by atoms with E-state index in [1.54, 1.807) is 0 Å². The molecule has 2 rings (SSSR count). The molecule has 4 heteroatoms.